The van der Waals surface area contributed by atoms with Crippen LogP contribution in [-0.4, -0.2) is 11.8 Å². The van der Waals surface area contributed by atoms with E-state index in [9.17, 15) is 27.2 Å². The molecule has 4 nitrogen and oxygen atoms in total. The first-order valence-corrected chi connectivity index (χ1v) is 12.0. The van der Waals surface area contributed by atoms with E-state index in [1.165, 1.54) is 0 Å². The summed E-state index contributed by atoms with van der Waals surface area (Å²) < 4.78 is 55.5. The fourth-order valence-electron chi connectivity index (χ4n) is 3.51. The molecule has 0 saturated carbocycles. The van der Waals surface area contributed by atoms with Crippen molar-refractivity contribution < 1.29 is 27.2 Å². The third-order valence-corrected chi connectivity index (χ3v) is 6.57. The molecule has 2 amide bonds. The number of anilines is 2. The van der Waals surface area contributed by atoms with Crippen LogP contribution < -0.4 is 10.6 Å². The zero-order valence-electron chi connectivity index (χ0n) is 19.2. The number of carbonyl (C=O) groups is 2. The van der Waals surface area contributed by atoms with Crippen molar-refractivity contribution in [2.24, 2.45) is 0 Å². The summed E-state index contributed by atoms with van der Waals surface area (Å²) in [7, 11) is 0. The standard InChI is InChI=1S/C28H20F4N2O2S/c29-21-16-22(30)25(32)26(24(21)31)34-28(36)27(18-9-5-2-6-10-18)37-20-13-11-19(12-14-20)33-23(35)15-17-7-3-1-4-8-17/h1-14,16,27H,15H2,(H,33,35)(H,34,36). The van der Waals surface area contributed by atoms with Crippen molar-refractivity contribution in [2.75, 3.05) is 10.6 Å². The molecule has 9 heteroatoms. The van der Waals surface area contributed by atoms with E-state index in [1.807, 2.05) is 35.6 Å². The molecule has 0 radical (unpaired) electrons. The van der Waals surface area contributed by atoms with Crippen LogP contribution in [0.4, 0.5) is 28.9 Å². The molecule has 1 atom stereocenters. The van der Waals surface area contributed by atoms with Gasteiger partial charge in [0.25, 0.3) is 0 Å². The monoisotopic (exact) mass is 524 g/mol. The fourth-order valence-corrected chi connectivity index (χ4v) is 4.54. The Labute approximate surface area is 214 Å². The van der Waals surface area contributed by atoms with Gasteiger partial charge < -0.3 is 10.6 Å². The van der Waals surface area contributed by atoms with Crippen molar-refractivity contribution in [3.8, 4) is 0 Å². The van der Waals surface area contributed by atoms with Crippen LogP contribution in [0, 0.1) is 23.3 Å². The van der Waals surface area contributed by atoms with Gasteiger partial charge in [-0.3, -0.25) is 9.59 Å². The van der Waals surface area contributed by atoms with Crippen LogP contribution in [0.25, 0.3) is 0 Å². The molecular formula is C28H20F4N2O2S. The average molecular weight is 525 g/mol. The predicted molar refractivity (Wildman–Crippen MR) is 135 cm³/mol. The van der Waals surface area contributed by atoms with E-state index >= 15 is 0 Å². The van der Waals surface area contributed by atoms with Gasteiger partial charge >= 0.3 is 0 Å². The van der Waals surface area contributed by atoms with Crippen LogP contribution in [-0.2, 0) is 16.0 Å². The van der Waals surface area contributed by atoms with Crippen molar-refractivity contribution >= 4 is 35.0 Å². The summed E-state index contributed by atoms with van der Waals surface area (Å²) in [6.07, 6.45) is 0.210. The number of halogens is 4. The molecule has 0 bridgehead atoms. The largest absolute Gasteiger partial charge is 0.326 e. The van der Waals surface area contributed by atoms with Crippen molar-refractivity contribution in [3.05, 3.63) is 125 Å². The maximum Gasteiger partial charge on any atom is 0.242 e. The summed E-state index contributed by atoms with van der Waals surface area (Å²) in [6, 6.07) is 24.4. The lowest BCUT2D eigenvalue weighted by Gasteiger charge is -2.18. The van der Waals surface area contributed by atoms with Gasteiger partial charge in [0.15, 0.2) is 23.3 Å². The average Bonchev–Trinajstić information content (AvgIpc) is 2.90. The highest BCUT2D eigenvalue weighted by Crippen LogP contribution is 2.37. The molecule has 0 saturated heterocycles. The molecule has 1 unspecified atom stereocenters. The Morgan fingerprint density at radius 2 is 1.30 bits per heavy atom. The van der Waals surface area contributed by atoms with Gasteiger partial charge in [-0.05, 0) is 35.4 Å². The molecule has 0 heterocycles. The number of nitrogens with one attached hydrogen (secondary N) is 2. The van der Waals surface area contributed by atoms with E-state index in [2.05, 4.69) is 5.32 Å². The third kappa shape index (κ3) is 6.56. The Balaban J connectivity index is 1.50. The Morgan fingerprint density at radius 3 is 1.89 bits per heavy atom. The van der Waals surface area contributed by atoms with E-state index in [0.29, 0.717) is 16.1 Å². The molecule has 0 aliphatic heterocycles. The van der Waals surface area contributed by atoms with Crippen LogP contribution in [0.15, 0.2) is 95.9 Å². The van der Waals surface area contributed by atoms with E-state index in [1.54, 1.807) is 54.6 Å². The molecule has 0 aliphatic carbocycles. The van der Waals surface area contributed by atoms with Gasteiger partial charge in [-0.15, -0.1) is 11.8 Å². The van der Waals surface area contributed by atoms with E-state index in [-0.39, 0.29) is 18.4 Å². The summed E-state index contributed by atoms with van der Waals surface area (Å²) in [5, 5.41) is 3.78. The number of rotatable bonds is 8. The summed E-state index contributed by atoms with van der Waals surface area (Å²) in [6.45, 7) is 0. The molecule has 188 valence electrons. The number of amides is 2. The number of benzene rings is 4. The number of thioether (sulfide) groups is 1. The normalized spacial score (nSPS) is 11.6. The second-order valence-electron chi connectivity index (χ2n) is 7.98. The first kappa shape index (κ1) is 26.0. The molecule has 4 aromatic rings. The smallest absolute Gasteiger partial charge is 0.242 e. The number of hydrogen-bond acceptors (Lipinski definition) is 3. The minimum absolute atomic E-state index is 0.0734. The highest BCUT2D eigenvalue weighted by molar-refractivity contribution is 8.00. The van der Waals surface area contributed by atoms with Crippen molar-refractivity contribution in [1.29, 1.82) is 0 Å². The molecule has 0 aromatic heterocycles. The van der Waals surface area contributed by atoms with Gasteiger partial charge in [0, 0.05) is 16.6 Å². The lowest BCUT2D eigenvalue weighted by Crippen LogP contribution is -2.21. The maximum absolute atomic E-state index is 14.1. The lowest BCUT2D eigenvalue weighted by molar-refractivity contribution is -0.116. The van der Waals surface area contributed by atoms with Crippen LogP contribution >= 0.6 is 11.8 Å². The van der Waals surface area contributed by atoms with E-state index in [4.69, 9.17) is 0 Å². The maximum atomic E-state index is 14.1. The molecule has 4 rings (SSSR count). The quantitative estimate of drug-likeness (QED) is 0.150. The van der Waals surface area contributed by atoms with Gasteiger partial charge in [0.1, 0.15) is 10.9 Å². The number of hydrogen-bond donors (Lipinski definition) is 2. The second-order valence-corrected chi connectivity index (χ2v) is 9.15. The SMILES string of the molecule is O=C(Cc1ccccc1)Nc1ccc(SC(C(=O)Nc2c(F)c(F)cc(F)c2F)c2ccccc2)cc1. The van der Waals surface area contributed by atoms with Crippen molar-refractivity contribution in [3.63, 3.8) is 0 Å². The Morgan fingerprint density at radius 1 is 0.730 bits per heavy atom. The Hall–Kier alpha value is -4.11. The van der Waals surface area contributed by atoms with Crippen LogP contribution in [0.3, 0.4) is 0 Å². The summed E-state index contributed by atoms with van der Waals surface area (Å²) in [4.78, 5) is 26.0. The predicted octanol–water partition coefficient (Wildman–Crippen LogP) is 6.90. The Kier molecular flexibility index (Phi) is 8.25. The molecule has 4 aromatic carbocycles. The van der Waals surface area contributed by atoms with Gasteiger partial charge in [0.2, 0.25) is 11.8 Å². The molecule has 0 aliphatic rings. The molecule has 0 spiro atoms. The zero-order chi connectivity index (χ0) is 26.4. The van der Waals surface area contributed by atoms with Gasteiger partial charge in [-0.25, -0.2) is 17.6 Å². The number of carbonyl (C=O) groups excluding carboxylic acids is 2. The van der Waals surface area contributed by atoms with Gasteiger partial charge in [0.05, 0.1) is 6.42 Å². The fraction of sp³-hybridized carbons (Fsp3) is 0.0714. The minimum Gasteiger partial charge on any atom is -0.326 e. The first-order chi connectivity index (χ1) is 17.8. The topological polar surface area (TPSA) is 58.2 Å². The highest BCUT2D eigenvalue weighted by atomic mass is 32.2. The van der Waals surface area contributed by atoms with Gasteiger partial charge in [-0.2, -0.15) is 0 Å². The van der Waals surface area contributed by atoms with Crippen LogP contribution in [0.5, 0.6) is 0 Å². The van der Waals surface area contributed by atoms with Crippen molar-refractivity contribution in [1.82, 2.24) is 0 Å². The molecule has 0 fully saturated rings. The first-order valence-electron chi connectivity index (χ1n) is 11.1. The summed E-state index contributed by atoms with van der Waals surface area (Å²) in [5.74, 6) is -7.70. The van der Waals surface area contributed by atoms with Crippen molar-refractivity contribution in [2.45, 2.75) is 16.6 Å². The van der Waals surface area contributed by atoms with Crippen LogP contribution in [0.1, 0.15) is 16.4 Å². The highest BCUT2D eigenvalue weighted by Gasteiger charge is 2.27. The summed E-state index contributed by atoms with van der Waals surface area (Å²) >= 11 is 1.06. The third-order valence-electron chi connectivity index (χ3n) is 5.30. The summed E-state index contributed by atoms with van der Waals surface area (Å²) in [5.41, 5.74) is 0.726. The van der Waals surface area contributed by atoms with E-state index in [0.717, 1.165) is 17.3 Å². The molecule has 37 heavy (non-hydrogen) atoms. The minimum atomic E-state index is -1.69. The lowest BCUT2D eigenvalue weighted by atomic mass is 10.1. The second kappa shape index (κ2) is 11.7. The molecule has 2 N–H and O–H groups in total. The molecular weight excluding hydrogens is 504 g/mol. The van der Waals surface area contributed by atoms with Crippen LogP contribution in [0.2, 0.25) is 0 Å². The van der Waals surface area contributed by atoms with E-state index < -0.39 is 40.1 Å². The van der Waals surface area contributed by atoms with Gasteiger partial charge in [-0.1, -0.05) is 60.7 Å². The zero-order valence-corrected chi connectivity index (χ0v) is 20.0. The Bertz CT molecular complexity index is 1380.